The molecule has 2 aromatic rings. The van der Waals surface area contributed by atoms with Crippen LogP contribution in [-0.2, 0) is 17.7 Å². The first-order chi connectivity index (χ1) is 11.8. The van der Waals surface area contributed by atoms with Gasteiger partial charge in [-0.1, -0.05) is 49.6 Å². The molecule has 0 spiro atoms. The fraction of sp³-hybridized carbons (Fsp3) is 0.500. The second-order valence-electron chi connectivity index (χ2n) is 7.01. The van der Waals surface area contributed by atoms with E-state index in [1.807, 2.05) is 30.3 Å². The molecule has 1 aliphatic heterocycles. The van der Waals surface area contributed by atoms with Crippen molar-refractivity contribution in [2.24, 2.45) is 0 Å². The van der Waals surface area contributed by atoms with Gasteiger partial charge in [0.1, 0.15) is 0 Å². The van der Waals surface area contributed by atoms with Crippen LogP contribution >= 0.6 is 0 Å². The van der Waals surface area contributed by atoms with E-state index >= 15 is 0 Å². The Kier molecular flexibility index (Phi) is 4.23. The Morgan fingerprint density at radius 2 is 1.79 bits per heavy atom. The maximum absolute atomic E-state index is 10.9. The molecule has 2 aliphatic rings. The standard InChI is InChI=1S/C20H25NO3/c22-19-16-11-12-24-17-10-6-2-5-9-15(17)18(16)20(23)21(19)13-14-7-3-1-4-8-14/h1,3-4,7-8,15,17,22-23H,2,5-6,9-13H2. The summed E-state index contributed by atoms with van der Waals surface area (Å²) < 4.78 is 7.72. The van der Waals surface area contributed by atoms with Crippen LogP contribution in [0.3, 0.4) is 0 Å². The van der Waals surface area contributed by atoms with Gasteiger partial charge in [-0.3, -0.25) is 4.57 Å². The Labute approximate surface area is 142 Å². The first kappa shape index (κ1) is 15.6. The van der Waals surface area contributed by atoms with Gasteiger partial charge >= 0.3 is 0 Å². The van der Waals surface area contributed by atoms with Crippen molar-refractivity contribution < 1.29 is 14.9 Å². The molecule has 4 nitrogen and oxygen atoms in total. The molecule has 1 fully saturated rings. The van der Waals surface area contributed by atoms with Gasteiger partial charge < -0.3 is 14.9 Å². The van der Waals surface area contributed by atoms with Gasteiger partial charge in [-0.2, -0.15) is 0 Å². The molecular formula is C20H25NO3. The van der Waals surface area contributed by atoms with Crippen LogP contribution in [0.1, 0.15) is 54.7 Å². The van der Waals surface area contributed by atoms with Crippen molar-refractivity contribution >= 4 is 0 Å². The first-order valence-electron chi connectivity index (χ1n) is 9.04. The Bertz CT molecular complexity index is 707. The first-order valence-corrected chi connectivity index (χ1v) is 9.04. The number of nitrogens with zero attached hydrogens (tertiary/aromatic N) is 1. The average molecular weight is 327 g/mol. The zero-order valence-electron chi connectivity index (χ0n) is 13.9. The summed E-state index contributed by atoms with van der Waals surface area (Å²) in [4.78, 5) is 0. The lowest BCUT2D eigenvalue weighted by Gasteiger charge is -2.23. The number of aromatic nitrogens is 1. The molecular weight excluding hydrogens is 302 g/mol. The summed E-state index contributed by atoms with van der Waals surface area (Å²) in [5, 5.41) is 21.7. The highest BCUT2D eigenvalue weighted by Crippen LogP contribution is 2.46. The molecule has 128 valence electrons. The Balaban J connectivity index is 1.75. The molecule has 1 aromatic heterocycles. The zero-order chi connectivity index (χ0) is 16.5. The fourth-order valence-corrected chi connectivity index (χ4v) is 4.33. The number of rotatable bonds is 2. The molecule has 1 saturated carbocycles. The Hall–Kier alpha value is -1.94. The van der Waals surface area contributed by atoms with E-state index in [0.717, 1.165) is 36.0 Å². The molecule has 0 saturated heterocycles. The van der Waals surface area contributed by atoms with E-state index in [-0.39, 0.29) is 23.8 Å². The van der Waals surface area contributed by atoms with Crippen LogP contribution in [0, 0.1) is 0 Å². The highest BCUT2D eigenvalue weighted by atomic mass is 16.5. The number of fused-ring (bicyclic) bond motifs is 3. The third-order valence-corrected chi connectivity index (χ3v) is 5.54. The van der Waals surface area contributed by atoms with Crippen LogP contribution in [0.5, 0.6) is 11.8 Å². The third-order valence-electron chi connectivity index (χ3n) is 5.54. The van der Waals surface area contributed by atoms with E-state index in [1.165, 1.54) is 12.8 Å². The summed E-state index contributed by atoms with van der Waals surface area (Å²) in [5.41, 5.74) is 2.90. The van der Waals surface area contributed by atoms with Gasteiger partial charge in [0, 0.05) is 23.5 Å². The van der Waals surface area contributed by atoms with Gasteiger partial charge in [-0.15, -0.1) is 0 Å². The topological polar surface area (TPSA) is 54.6 Å². The molecule has 0 radical (unpaired) electrons. The zero-order valence-corrected chi connectivity index (χ0v) is 13.9. The van der Waals surface area contributed by atoms with Gasteiger partial charge in [0.2, 0.25) is 0 Å². The van der Waals surface area contributed by atoms with Crippen molar-refractivity contribution in [3.63, 3.8) is 0 Å². The van der Waals surface area contributed by atoms with Crippen LogP contribution in [-0.4, -0.2) is 27.5 Å². The minimum Gasteiger partial charge on any atom is -0.494 e. The summed E-state index contributed by atoms with van der Waals surface area (Å²) >= 11 is 0. The summed E-state index contributed by atoms with van der Waals surface area (Å²) in [5.74, 6) is 0.640. The van der Waals surface area contributed by atoms with E-state index < -0.39 is 0 Å². The van der Waals surface area contributed by atoms with Crippen LogP contribution < -0.4 is 0 Å². The quantitative estimate of drug-likeness (QED) is 0.878. The van der Waals surface area contributed by atoms with Crippen molar-refractivity contribution in [3.05, 3.63) is 47.0 Å². The summed E-state index contributed by atoms with van der Waals surface area (Å²) in [6, 6.07) is 9.96. The van der Waals surface area contributed by atoms with Crippen LogP contribution in [0.25, 0.3) is 0 Å². The highest BCUT2D eigenvalue weighted by Gasteiger charge is 2.36. The molecule has 2 atom stereocenters. The number of benzene rings is 1. The predicted molar refractivity (Wildman–Crippen MR) is 92.6 cm³/mol. The van der Waals surface area contributed by atoms with Gasteiger partial charge in [-0.05, 0) is 18.4 Å². The lowest BCUT2D eigenvalue weighted by atomic mass is 9.88. The summed E-state index contributed by atoms with van der Waals surface area (Å²) in [6.07, 6.45) is 6.50. The fourth-order valence-electron chi connectivity index (χ4n) is 4.33. The molecule has 2 heterocycles. The lowest BCUT2D eigenvalue weighted by molar-refractivity contribution is 0.0366. The van der Waals surface area contributed by atoms with Gasteiger partial charge in [-0.25, -0.2) is 0 Å². The second kappa shape index (κ2) is 6.52. The SMILES string of the molecule is Oc1c2c(c(O)n1Cc1ccccc1)C1CCCCCC1OCC2. The third kappa shape index (κ3) is 2.69. The largest absolute Gasteiger partial charge is 0.494 e. The van der Waals surface area contributed by atoms with E-state index in [0.29, 0.717) is 19.6 Å². The number of hydrogen-bond donors (Lipinski definition) is 2. The van der Waals surface area contributed by atoms with Crippen LogP contribution in [0.2, 0.25) is 0 Å². The second-order valence-corrected chi connectivity index (χ2v) is 7.01. The molecule has 1 aromatic carbocycles. The van der Waals surface area contributed by atoms with E-state index in [9.17, 15) is 10.2 Å². The Morgan fingerprint density at radius 1 is 1.00 bits per heavy atom. The summed E-state index contributed by atoms with van der Waals surface area (Å²) in [7, 11) is 0. The molecule has 4 rings (SSSR count). The van der Waals surface area contributed by atoms with Crippen molar-refractivity contribution in [1.82, 2.24) is 4.57 Å². The molecule has 24 heavy (non-hydrogen) atoms. The van der Waals surface area contributed by atoms with Crippen molar-refractivity contribution in [2.45, 2.75) is 57.1 Å². The van der Waals surface area contributed by atoms with Crippen LogP contribution in [0.4, 0.5) is 0 Å². The predicted octanol–water partition coefficient (Wildman–Crippen LogP) is 3.94. The number of aromatic hydroxyl groups is 2. The normalized spacial score (nSPS) is 23.8. The molecule has 2 unspecified atom stereocenters. The lowest BCUT2D eigenvalue weighted by Crippen LogP contribution is -2.20. The highest BCUT2D eigenvalue weighted by molar-refractivity contribution is 5.49. The van der Waals surface area contributed by atoms with E-state index in [4.69, 9.17) is 4.74 Å². The van der Waals surface area contributed by atoms with Crippen molar-refractivity contribution in [1.29, 1.82) is 0 Å². The summed E-state index contributed by atoms with van der Waals surface area (Å²) in [6.45, 7) is 1.11. The van der Waals surface area contributed by atoms with Gasteiger partial charge in [0.25, 0.3) is 0 Å². The minimum atomic E-state index is 0.173. The molecule has 1 aliphatic carbocycles. The van der Waals surface area contributed by atoms with Crippen LogP contribution in [0.15, 0.2) is 30.3 Å². The van der Waals surface area contributed by atoms with Gasteiger partial charge in [0.15, 0.2) is 11.8 Å². The Morgan fingerprint density at radius 3 is 2.62 bits per heavy atom. The minimum absolute atomic E-state index is 0.173. The average Bonchev–Trinajstić information content (AvgIpc) is 2.82. The monoisotopic (exact) mass is 327 g/mol. The van der Waals surface area contributed by atoms with E-state index in [1.54, 1.807) is 4.57 Å². The van der Waals surface area contributed by atoms with Gasteiger partial charge in [0.05, 0.1) is 19.3 Å². The maximum atomic E-state index is 10.9. The maximum Gasteiger partial charge on any atom is 0.198 e. The molecule has 0 bridgehead atoms. The van der Waals surface area contributed by atoms with Crippen molar-refractivity contribution in [2.75, 3.05) is 6.61 Å². The number of ether oxygens (including phenoxy) is 1. The van der Waals surface area contributed by atoms with Crippen molar-refractivity contribution in [3.8, 4) is 11.8 Å². The molecule has 4 heteroatoms. The molecule has 0 amide bonds. The smallest absolute Gasteiger partial charge is 0.198 e. The molecule has 2 N–H and O–H groups in total. The van der Waals surface area contributed by atoms with E-state index in [2.05, 4.69) is 0 Å². The number of hydrogen-bond acceptors (Lipinski definition) is 3.